The van der Waals surface area contributed by atoms with Crippen LogP contribution in [0.4, 0.5) is 5.13 Å². The molecule has 0 aliphatic heterocycles. The summed E-state index contributed by atoms with van der Waals surface area (Å²) in [6, 6.07) is 14.9. The van der Waals surface area contributed by atoms with Gasteiger partial charge in [0.2, 0.25) is 0 Å². The Bertz CT molecular complexity index is 1150. The van der Waals surface area contributed by atoms with Crippen LogP contribution in [0, 0.1) is 0 Å². The van der Waals surface area contributed by atoms with Gasteiger partial charge in [0.25, 0.3) is 5.91 Å². The molecule has 0 atom stereocenters. The first-order valence-electron chi connectivity index (χ1n) is 10.2. The van der Waals surface area contributed by atoms with E-state index in [4.69, 9.17) is 16.3 Å². The summed E-state index contributed by atoms with van der Waals surface area (Å²) >= 11 is 7.30. The van der Waals surface area contributed by atoms with Gasteiger partial charge in [-0.2, -0.15) is 0 Å². The first-order valence-corrected chi connectivity index (χ1v) is 11.5. The van der Waals surface area contributed by atoms with Crippen LogP contribution in [0.5, 0.6) is 5.75 Å². The first-order chi connectivity index (χ1) is 15.7. The van der Waals surface area contributed by atoms with Gasteiger partial charge in [-0.25, -0.2) is 4.98 Å². The Morgan fingerprint density at radius 3 is 2.81 bits per heavy atom. The van der Waals surface area contributed by atoms with E-state index in [0.717, 1.165) is 37.3 Å². The maximum Gasteiger partial charge on any atom is 0.257 e. The highest BCUT2D eigenvalue weighted by Crippen LogP contribution is 2.20. The molecule has 4 rings (SSSR count). The van der Waals surface area contributed by atoms with Crippen molar-refractivity contribution in [3.63, 3.8) is 0 Å². The van der Waals surface area contributed by atoms with Gasteiger partial charge in [-0.05, 0) is 55.2 Å². The Kier molecular flexibility index (Phi) is 7.47. The molecule has 0 fully saturated rings. The molecule has 0 bridgehead atoms. The third-order valence-electron chi connectivity index (χ3n) is 4.74. The molecule has 9 heteroatoms. The van der Waals surface area contributed by atoms with E-state index < -0.39 is 0 Å². The van der Waals surface area contributed by atoms with Crippen molar-refractivity contribution in [2.45, 2.75) is 32.4 Å². The minimum atomic E-state index is -0.244. The largest absolute Gasteiger partial charge is 0.487 e. The number of unbranched alkanes of at least 4 members (excludes halogenated alkanes) is 1. The molecule has 0 spiro atoms. The van der Waals surface area contributed by atoms with E-state index in [1.165, 1.54) is 16.9 Å². The molecule has 0 saturated heterocycles. The van der Waals surface area contributed by atoms with Gasteiger partial charge in [0.05, 0.1) is 11.9 Å². The molecule has 1 N–H and O–H groups in total. The van der Waals surface area contributed by atoms with E-state index in [9.17, 15) is 4.79 Å². The number of hydrogen-bond acceptors (Lipinski definition) is 6. The van der Waals surface area contributed by atoms with Crippen molar-refractivity contribution in [3.8, 4) is 5.75 Å². The smallest absolute Gasteiger partial charge is 0.257 e. The van der Waals surface area contributed by atoms with Crippen molar-refractivity contribution in [1.82, 2.24) is 20.0 Å². The average Bonchev–Trinajstić information content (AvgIpc) is 3.48. The zero-order valence-corrected chi connectivity index (χ0v) is 18.9. The van der Waals surface area contributed by atoms with Crippen LogP contribution in [0.1, 0.15) is 34.5 Å². The Balaban J connectivity index is 1.21. The van der Waals surface area contributed by atoms with Crippen LogP contribution < -0.4 is 10.1 Å². The van der Waals surface area contributed by atoms with Gasteiger partial charge in [-0.1, -0.05) is 35.0 Å². The fourth-order valence-electron chi connectivity index (χ4n) is 3.09. The van der Waals surface area contributed by atoms with Crippen molar-refractivity contribution >= 4 is 34.0 Å². The van der Waals surface area contributed by atoms with Crippen LogP contribution in [0.2, 0.25) is 5.02 Å². The average molecular weight is 468 g/mol. The quantitative estimate of drug-likeness (QED) is 0.322. The van der Waals surface area contributed by atoms with E-state index in [1.54, 1.807) is 30.5 Å². The number of aryl methyl sites for hydroxylation is 2. The van der Waals surface area contributed by atoms with E-state index in [-0.39, 0.29) is 5.91 Å². The van der Waals surface area contributed by atoms with Gasteiger partial charge >= 0.3 is 0 Å². The van der Waals surface area contributed by atoms with Gasteiger partial charge in [0, 0.05) is 28.7 Å². The van der Waals surface area contributed by atoms with Crippen LogP contribution in [-0.4, -0.2) is 25.9 Å². The highest BCUT2D eigenvalue weighted by Gasteiger charge is 2.10. The highest BCUT2D eigenvalue weighted by atomic mass is 35.5. The van der Waals surface area contributed by atoms with Crippen LogP contribution in [0.3, 0.4) is 0 Å². The summed E-state index contributed by atoms with van der Waals surface area (Å²) in [7, 11) is 0. The van der Waals surface area contributed by atoms with Crippen LogP contribution in [0.25, 0.3) is 0 Å². The van der Waals surface area contributed by atoms with Crippen LogP contribution in [0.15, 0.2) is 66.3 Å². The number of carbonyl (C=O) groups excluding carboxylic acids is 1. The normalized spacial score (nSPS) is 10.8. The summed E-state index contributed by atoms with van der Waals surface area (Å²) in [5, 5.41) is 13.5. The van der Waals surface area contributed by atoms with Crippen molar-refractivity contribution in [3.05, 3.63) is 88.1 Å². The lowest BCUT2D eigenvalue weighted by atomic mass is 10.1. The number of ether oxygens (including phenoxy) is 1. The van der Waals surface area contributed by atoms with Crippen LogP contribution in [-0.2, 0) is 19.6 Å². The van der Waals surface area contributed by atoms with E-state index in [1.807, 2.05) is 28.4 Å². The summed E-state index contributed by atoms with van der Waals surface area (Å²) in [5.41, 5.74) is 2.52. The first kappa shape index (κ1) is 22.0. The third kappa shape index (κ3) is 6.38. The number of benzene rings is 2. The molecule has 32 heavy (non-hydrogen) atoms. The van der Waals surface area contributed by atoms with Crippen molar-refractivity contribution in [2.24, 2.45) is 0 Å². The predicted octanol–water partition coefficient (Wildman–Crippen LogP) is 5.24. The minimum absolute atomic E-state index is 0.244. The summed E-state index contributed by atoms with van der Waals surface area (Å²) in [5.74, 6) is 0.542. The fraction of sp³-hybridized carbons (Fsp3) is 0.217. The number of rotatable bonds is 10. The summed E-state index contributed by atoms with van der Waals surface area (Å²) in [6.45, 7) is 1.22. The number of anilines is 1. The molecule has 0 radical (unpaired) electrons. The van der Waals surface area contributed by atoms with Crippen LogP contribution >= 0.6 is 22.9 Å². The second-order valence-corrected chi connectivity index (χ2v) is 8.46. The summed E-state index contributed by atoms with van der Waals surface area (Å²) in [6.07, 6.45) is 6.73. The molecule has 2 aromatic heterocycles. The Hall–Kier alpha value is -3.23. The number of amides is 1. The highest BCUT2D eigenvalue weighted by molar-refractivity contribution is 7.14. The predicted molar refractivity (Wildman–Crippen MR) is 125 cm³/mol. The molecule has 2 aromatic carbocycles. The van der Waals surface area contributed by atoms with E-state index >= 15 is 0 Å². The fourth-order valence-corrected chi connectivity index (χ4v) is 3.97. The summed E-state index contributed by atoms with van der Waals surface area (Å²) < 4.78 is 7.69. The zero-order chi connectivity index (χ0) is 22.2. The lowest BCUT2D eigenvalue weighted by molar-refractivity contribution is 0.102. The molecule has 1 amide bonds. The standard InChI is InChI=1S/C23H22ClN5O2S/c24-19-6-3-5-18(14-19)22(30)27-23-26-20(16-32-23)15-31-21-9-7-17(8-10-21)4-1-2-12-29-13-11-25-28-29/h3,5-11,13-14,16H,1-2,4,12,15H2,(H,26,27,30). The number of aromatic nitrogens is 4. The molecule has 4 aromatic rings. The zero-order valence-electron chi connectivity index (χ0n) is 17.3. The molecule has 164 valence electrons. The Morgan fingerprint density at radius 2 is 2.03 bits per heavy atom. The lowest BCUT2D eigenvalue weighted by Crippen LogP contribution is -2.11. The molecule has 0 unspecified atom stereocenters. The monoisotopic (exact) mass is 467 g/mol. The van der Waals surface area contributed by atoms with Crippen molar-refractivity contribution < 1.29 is 9.53 Å². The minimum Gasteiger partial charge on any atom is -0.487 e. The van der Waals surface area contributed by atoms with Gasteiger partial charge in [0.15, 0.2) is 5.13 Å². The topological polar surface area (TPSA) is 81.9 Å². The number of nitrogens with zero attached hydrogens (tertiary/aromatic N) is 4. The van der Waals surface area contributed by atoms with E-state index in [2.05, 4.69) is 32.7 Å². The molecule has 0 saturated carbocycles. The summed E-state index contributed by atoms with van der Waals surface area (Å²) in [4.78, 5) is 16.7. The second kappa shape index (κ2) is 10.9. The SMILES string of the molecule is O=C(Nc1nc(COc2ccc(CCCCn3ccnn3)cc2)cs1)c1cccc(Cl)c1. The van der Waals surface area contributed by atoms with Crippen molar-refractivity contribution in [1.29, 1.82) is 0 Å². The molecule has 0 aliphatic rings. The number of nitrogens with one attached hydrogen (secondary N) is 1. The molecule has 0 aliphatic carbocycles. The second-order valence-electron chi connectivity index (χ2n) is 7.16. The maximum absolute atomic E-state index is 12.3. The Labute approximate surface area is 195 Å². The Morgan fingerprint density at radius 1 is 1.16 bits per heavy atom. The van der Waals surface area contributed by atoms with Gasteiger partial charge in [0.1, 0.15) is 12.4 Å². The maximum atomic E-state index is 12.3. The molecular weight excluding hydrogens is 446 g/mol. The van der Waals surface area contributed by atoms with Gasteiger partial charge in [-0.3, -0.25) is 14.8 Å². The lowest BCUT2D eigenvalue weighted by Gasteiger charge is -2.06. The number of carbonyl (C=O) groups is 1. The molecular formula is C23H22ClN5O2S. The number of thiazole rings is 1. The van der Waals surface area contributed by atoms with Gasteiger partial charge in [-0.15, -0.1) is 16.4 Å². The molecule has 7 nitrogen and oxygen atoms in total. The third-order valence-corrected chi connectivity index (χ3v) is 5.79. The number of halogens is 1. The van der Waals surface area contributed by atoms with Crippen molar-refractivity contribution in [2.75, 3.05) is 5.32 Å². The van der Waals surface area contributed by atoms with E-state index in [0.29, 0.717) is 22.3 Å². The molecule has 2 heterocycles. The van der Waals surface area contributed by atoms with Gasteiger partial charge < -0.3 is 4.74 Å². The number of hydrogen-bond donors (Lipinski definition) is 1.